The van der Waals surface area contributed by atoms with Gasteiger partial charge in [0, 0.05) is 25.4 Å². The van der Waals surface area contributed by atoms with Crippen molar-refractivity contribution in [3.63, 3.8) is 0 Å². The van der Waals surface area contributed by atoms with E-state index >= 15 is 0 Å². The molecule has 1 N–H and O–H groups in total. The quantitative estimate of drug-likeness (QED) is 0.625. The van der Waals surface area contributed by atoms with E-state index in [-0.39, 0.29) is 11.6 Å². The van der Waals surface area contributed by atoms with Crippen molar-refractivity contribution in [3.05, 3.63) is 40.5 Å². The number of amides is 1. The molecule has 1 amide bonds. The number of aryl methyl sites for hydroxylation is 1. The maximum absolute atomic E-state index is 12.2. The topological polar surface area (TPSA) is 108 Å². The van der Waals surface area contributed by atoms with Gasteiger partial charge in [-0.05, 0) is 6.42 Å². The lowest BCUT2D eigenvalue weighted by molar-refractivity contribution is -0.385. The van der Waals surface area contributed by atoms with Crippen molar-refractivity contribution in [2.75, 3.05) is 0 Å². The fraction of sp³-hybridized carbons (Fsp3) is 0.417. The number of nitrogens with one attached hydrogen (secondary N) is 1. The zero-order valence-corrected chi connectivity index (χ0v) is 11.8. The van der Waals surface area contributed by atoms with E-state index in [4.69, 9.17) is 0 Å². The van der Waals surface area contributed by atoms with Crippen LogP contribution < -0.4 is 5.32 Å². The van der Waals surface area contributed by atoms with Gasteiger partial charge in [0.05, 0.1) is 11.1 Å². The van der Waals surface area contributed by atoms with Crippen LogP contribution >= 0.6 is 0 Å². The van der Waals surface area contributed by atoms with E-state index in [1.165, 1.54) is 10.9 Å². The maximum Gasteiger partial charge on any atom is 0.307 e. The van der Waals surface area contributed by atoms with Crippen molar-refractivity contribution in [2.24, 2.45) is 7.05 Å². The Balaban J connectivity index is 2.02. The van der Waals surface area contributed by atoms with Crippen molar-refractivity contribution >= 4 is 11.6 Å². The van der Waals surface area contributed by atoms with E-state index in [0.717, 1.165) is 11.8 Å². The number of hydrogen-bond acceptors (Lipinski definition) is 5. The molecular formula is C12H16N6O3. The van der Waals surface area contributed by atoms with Crippen LogP contribution in [0.25, 0.3) is 0 Å². The first-order chi connectivity index (χ1) is 10.0. The Morgan fingerprint density at radius 3 is 2.71 bits per heavy atom. The Hall–Kier alpha value is -2.71. The molecular weight excluding hydrogens is 276 g/mol. The highest BCUT2D eigenvalue weighted by Gasteiger charge is 2.21. The van der Waals surface area contributed by atoms with Gasteiger partial charge in [0.25, 0.3) is 0 Å². The summed E-state index contributed by atoms with van der Waals surface area (Å²) in [5, 5.41) is 21.3. The fourth-order valence-electron chi connectivity index (χ4n) is 1.96. The predicted octanol–water partition coefficient (Wildman–Crippen LogP) is 0.792. The minimum Gasteiger partial charge on any atom is -0.350 e. The maximum atomic E-state index is 12.2. The number of rotatable bonds is 6. The van der Waals surface area contributed by atoms with Crippen LogP contribution in [0.4, 0.5) is 5.69 Å². The molecule has 9 heteroatoms. The van der Waals surface area contributed by atoms with E-state index in [9.17, 15) is 14.9 Å². The van der Waals surface area contributed by atoms with Crippen LogP contribution in [0.3, 0.4) is 0 Å². The largest absolute Gasteiger partial charge is 0.350 e. The molecule has 2 aromatic rings. The molecule has 0 saturated carbocycles. The van der Waals surface area contributed by atoms with E-state index in [1.54, 1.807) is 24.1 Å². The van der Waals surface area contributed by atoms with Crippen LogP contribution in [-0.4, -0.2) is 30.4 Å². The van der Waals surface area contributed by atoms with Crippen LogP contribution in [0.15, 0.2) is 24.8 Å². The summed E-state index contributed by atoms with van der Waals surface area (Å²) in [6.45, 7) is 2.17. The first-order valence-corrected chi connectivity index (χ1v) is 6.45. The van der Waals surface area contributed by atoms with Gasteiger partial charge >= 0.3 is 5.69 Å². The molecule has 0 spiro atoms. The highest BCUT2D eigenvalue weighted by Crippen LogP contribution is 2.16. The van der Waals surface area contributed by atoms with Crippen LogP contribution in [0.2, 0.25) is 0 Å². The molecule has 0 aliphatic rings. The summed E-state index contributed by atoms with van der Waals surface area (Å²) in [4.78, 5) is 22.3. The van der Waals surface area contributed by atoms with Crippen molar-refractivity contribution in [2.45, 2.75) is 25.9 Å². The van der Waals surface area contributed by atoms with Gasteiger partial charge in [-0.25, -0.2) is 0 Å². The Morgan fingerprint density at radius 1 is 1.43 bits per heavy atom. The zero-order chi connectivity index (χ0) is 15.4. The third-order valence-electron chi connectivity index (χ3n) is 3.03. The lowest BCUT2D eigenvalue weighted by Crippen LogP contribution is -2.32. The average molecular weight is 292 g/mol. The number of aromatic nitrogens is 4. The minimum absolute atomic E-state index is 0.131. The highest BCUT2D eigenvalue weighted by molar-refractivity contribution is 5.80. The Bertz CT molecular complexity index is 647. The molecule has 0 bridgehead atoms. The smallest absolute Gasteiger partial charge is 0.307 e. The standard InChI is InChI=1S/C12H16N6O3/c1-3-11(17-8-10(6-15-17)18(20)21)12(19)13-4-9-5-14-16(2)7-9/h5-8,11H,3-4H2,1-2H3,(H,13,19). The van der Waals surface area contributed by atoms with E-state index in [1.807, 2.05) is 6.92 Å². The zero-order valence-electron chi connectivity index (χ0n) is 11.8. The molecule has 0 radical (unpaired) electrons. The molecule has 2 rings (SSSR count). The highest BCUT2D eigenvalue weighted by atomic mass is 16.6. The first-order valence-electron chi connectivity index (χ1n) is 6.45. The molecule has 1 atom stereocenters. The second-order valence-electron chi connectivity index (χ2n) is 4.60. The molecule has 112 valence electrons. The van der Waals surface area contributed by atoms with Gasteiger partial charge in [0.15, 0.2) is 0 Å². The summed E-state index contributed by atoms with van der Waals surface area (Å²) < 4.78 is 2.96. The van der Waals surface area contributed by atoms with Gasteiger partial charge in [-0.2, -0.15) is 10.2 Å². The summed E-state index contributed by atoms with van der Waals surface area (Å²) in [5.74, 6) is -0.237. The minimum atomic E-state index is -0.574. The molecule has 21 heavy (non-hydrogen) atoms. The normalized spacial score (nSPS) is 12.1. The summed E-state index contributed by atoms with van der Waals surface area (Å²) in [5.41, 5.74) is 0.751. The third kappa shape index (κ3) is 3.44. The van der Waals surface area contributed by atoms with Gasteiger partial charge < -0.3 is 5.32 Å². The first kappa shape index (κ1) is 14.7. The summed E-state index contributed by atoms with van der Waals surface area (Å²) in [7, 11) is 1.79. The fourth-order valence-corrected chi connectivity index (χ4v) is 1.96. The van der Waals surface area contributed by atoms with Crippen molar-refractivity contribution in [1.82, 2.24) is 24.9 Å². The van der Waals surface area contributed by atoms with E-state index in [2.05, 4.69) is 15.5 Å². The van der Waals surface area contributed by atoms with Crippen molar-refractivity contribution in [3.8, 4) is 0 Å². The van der Waals surface area contributed by atoms with Crippen LogP contribution in [0.5, 0.6) is 0 Å². The Morgan fingerprint density at radius 2 is 2.19 bits per heavy atom. The van der Waals surface area contributed by atoms with Crippen LogP contribution in [0, 0.1) is 10.1 Å². The van der Waals surface area contributed by atoms with Gasteiger partial charge in [-0.1, -0.05) is 6.92 Å². The third-order valence-corrected chi connectivity index (χ3v) is 3.03. The van der Waals surface area contributed by atoms with Gasteiger partial charge in [-0.15, -0.1) is 0 Å². The molecule has 0 aromatic carbocycles. The SMILES string of the molecule is CCC(C(=O)NCc1cnn(C)c1)n1cc([N+](=O)[O-])cn1. The average Bonchev–Trinajstić information content (AvgIpc) is 3.06. The molecule has 1 unspecified atom stereocenters. The second-order valence-corrected chi connectivity index (χ2v) is 4.60. The number of carbonyl (C=O) groups is 1. The van der Waals surface area contributed by atoms with Gasteiger partial charge in [0.2, 0.25) is 5.91 Å². The lowest BCUT2D eigenvalue weighted by Gasteiger charge is -2.14. The number of carbonyl (C=O) groups excluding carboxylic acids is 1. The molecule has 9 nitrogen and oxygen atoms in total. The van der Waals surface area contributed by atoms with Crippen LogP contribution in [0.1, 0.15) is 24.9 Å². The number of nitro groups is 1. The van der Waals surface area contributed by atoms with E-state index < -0.39 is 11.0 Å². The van der Waals surface area contributed by atoms with Crippen molar-refractivity contribution in [1.29, 1.82) is 0 Å². The molecule has 0 aliphatic heterocycles. The predicted molar refractivity (Wildman–Crippen MR) is 73.3 cm³/mol. The summed E-state index contributed by atoms with van der Waals surface area (Å²) in [6, 6.07) is -0.574. The van der Waals surface area contributed by atoms with Gasteiger partial charge in [0.1, 0.15) is 18.4 Å². The molecule has 2 heterocycles. The summed E-state index contributed by atoms with van der Waals surface area (Å²) >= 11 is 0. The second kappa shape index (κ2) is 6.16. The van der Waals surface area contributed by atoms with Crippen molar-refractivity contribution < 1.29 is 9.72 Å². The molecule has 0 saturated heterocycles. The van der Waals surface area contributed by atoms with E-state index in [0.29, 0.717) is 13.0 Å². The van der Waals surface area contributed by atoms with Crippen LogP contribution in [-0.2, 0) is 18.4 Å². The Labute approximate surface area is 120 Å². The summed E-state index contributed by atoms with van der Waals surface area (Å²) in [6.07, 6.45) is 6.35. The molecule has 2 aromatic heterocycles. The molecule has 0 aliphatic carbocycles. The molecule has 0 fully saturated rings. The number of nitrogens with zero attached hydrogens (tertiary/aromatic N) is 5. The Kier molecular flexibility index (Phi) is 4.31. The van der Waals surface area contributed by atoms with Gasteiger partial charge in [-0.3, -0.25) is 24.3 Å². The monoisotopic (exact) mass is 292 g/mol. The lowest BCUT2D eigenvalue weighted by atomic mass is 10.2. The number of hydrogen-bond donors (Lipinski definition) is 1.